The normalized spacial score (nSPS) is 19.8. The quantitative estimate of drug-likeness (QED) is 0.842. The molecule has 2 amide bonds. The molecule has 6 nitrogen and oxygen atoms in total. The lowest BCUT2D eigenvalue weighted by atomic mass is 10.00. The number of carbonyl (C=O) groups is 2. The van der Waals surface area contributed by atoms with Crippen molar-refractivity contribution in [1.29, 1.82) is 0 Å². The van der Waals surface area contributed by atoms with Crippen molar-refractivity contribution in [2.75, 3.05) is 26.7 Å². The van der Waals surface area contributed by atoms with Crippen molar-refractivity contribution in [3.63, 3.8) is 0 Å². The van der Waals surface area contributed by atoms with Gasteiger partial charge in [0.2, 0.25) is 12.0 Å². The zero-order valence-corrected chi connectivity index (χ0v) is 14.2. The second-order valence-electron chi connectivity index (χ2n) is 6.43. The number of likely N-dealkylation sites (N-methyl/N-ethyl adjacent to an activating group) is 1. The summed E-state index contributed by atoms with van der Waals surface area (Å²) >= 11 is 0. The topological polar surface area (TPSA) is 62.2 Å². The third kappa shape index (κ3) is 3.42. The van der Waals surface area contributed by atoms with E-state index < -0.39 is 6.10 Å². The van der Waals surface area contributed by atoms with Gasteiger partial charge in [-0.2, -0.15) is 0 Å². The van der Waals surface area contributed by atoms with Gasteiger partial charge in [0, 0.05) is 32.1 Å². The molecular formula is C18H23N3O3. The number of hydrogen-bond donors (Lipinski definition) is 0. The van der Waals surface area contributed by atoms with Gasteiger partial charge in [-0.05, 0) is 25.3 Å². The fraction of sp³-hybridized carbons (Fsp3) is 0.500. The van der Waals surface area contributed by atoms with Crippen LogP contribution in [0.4, 0.5) is 0 Å². The molecule has 0 spiro atoms. The monoisotopic (exact) mass is 329 g/mol. The van der Waals surface area contributed by atoms with Gasteiger partial charge < -0.3 is 14.6 Å². The summed E-state index contributed by atoms with van der Waals surface area (Å²) in [7, 11) is 1.64. The fourth-order valence-corrected chi connectivity index (χ4v) is 3.16. The zero-order valence-electron chi connectivity index (χ0n) is 14.2. The molecule has 1 fully saturated rings. The van der Waals surface area contributed by atoms with Crippen LogP contribution in [-0.2, 0) is 14.4 Å². The molecule has 2 heterocycles. The van der Waals surface area contributed by atoms with Gasteiger partial charge in [0.1, 0.15) is 0 Å². The van der Waals surface area contributed by atoms with Crippen LogP contribution in [0.1, 0.15) is 30.4 Å². The van der Waals surface area contributed by atoms with Crippen molar-refractivity contribution in [1.82, 2.24) is 9.80 Å². The summed E-state index contributed by atoms with van der Waals surface area (Å²) in [6.45, 7) is 3.69. The van der Waals surface area contributed by atoms with E-state index in [2.05, 4.69) is 5.16 Å². The summed E-state index contributed by atoms with van der Waals surface area (Å²) in [5.41, 5.74) is 2.89. The number of hydrogen-bond acceptors (Lipinski definition) is 4. The van der Waals surface area contributed by atoms with E-state index in [-0.39, 0.29) is 18.4 Å². The Morgan fingerprint density at radius 1 is 1.29 bits per heavy atom. The van der Waals surface area contributed by atoms with Crippen molar-refractivity contribution in [2.45, 2.75) is 32.3 Å². The van der Waals surface area contributed by atoms with E-state index in [9.17, 15) is 9.59 Å². The molecule has 6 heteroatoms. The SMILES string of the molecule is Cc1ccccc1C1=NO[C@H](C(=O)N(C)CC(=O)N2CCCC2)C1. The smallest absolute Gasteiger partial charge is 0.267 e. The number of nitrogens with zero attached hydrogens (tertiary/aromatic N) is 3. The molecule has 0 saturated carbocycles. The molecular weight excluding hydrogens is 306 g/mol. The highest BCUT2D eigenvalue weighted by Gasteiger charge is 2.32. The third-order valence-electron chi connectivity index (χ3n) is 4.61. The third-order valence-corrected chi connectivity index (χ3v) is 4.61. The van der Waals surface area contributed by atoms with Crippen LogP contribution in [0, 0.1) is 6.92 Å². The maximum Gasteiger partial charge on any atom is 0.267 e. The van der Waals surface area contributed by atoms with Crippen LogP contribution in [0.15, 0.2) is 29.4 Å². The minimum Gasteiger partial charge on any atom is -0.382 e. The van der Waals surface area contributed by atoms with Gasteiger partial charge >= 0.3 is 0 Å². The van der Waals surface area contributed by atoms with Crippen molar-refractivity contribution in [3.05, 3.63) is 35.4 Å². The van der Waals surface area contributed by atoms with E-state index >= 15 is 0 Å². The van der Waals surface area contributed by atoms with Crippen LogP contribution < -0.4 is 0 Å². The molecule has 2 aliphatic rings. The number of carbonyl (C=O) groups excluding carboxylic acids is 2. The molecule has 3 rings (SSSR count). The second-order valence-corrected chi connectivity index (χ2v) is 6.43. The largest absolute Gasteiger partial charge is 0.382 e. The van der Waals surface area contributed by atoms with Crippen LogP contribution >= 0.6 is 0 Å². The van der Waals surface area contributed by atoms with Gasteiger partial charge in [-0.25, -0.2) is 0 Å². The molecule has 1 atom stereocenters. The Labute approximate surface area is 142 Å². The van der Waals surface area contributed by atoms with Gasteiger partial charge in [0.25, 0.3) is 5.91 Å². The summed E-state index contributed by atoms with van der Waals surface area (Å²) < 4.78 is 0. The standard InChI is InChI=1S/C18H23N3O3/c1-13-7-3-4-8-14(13)15-11-16(24-19-15)18(23)20(2)12-17(22)21-9-5-6-10-21/h3-4,7-8,16H,5-6,9-12H2,1-2H3/t16-/m0/s1. The highest BCUT2D eigenvalue weighted by atomic mass is 16.6. The molecule has 0 N–H and O–H groups in total. The highest BCUT2D eigenvalue weighted by Crippen LogP contribution is 2.20. The number of benzene rings is 1. The van der Waals surface area contributed by atoms with Crippen LogP contribution in [0.25, 0.3) is 0 Å². The molecule has 0 aromatic heterocycles. The van der Waals surface area contributed by atoms with Crippen LogP contribution in [-0.4, -0.2) is 60.1 Å². The molecule has 1 aromatic carbocycles. The number of likely N-dealkylation sites (tertiary alicyclic amines) is 1. The van der Waals surface area contributed by atoms with Gasteiger partial charge in [0.05, 0.1) is 12.3 Å². The van der Waals surface area contributed by atoms with E-state index in [1.54, 1.807) is 7.05 Å². The summed E-state index contributed by atoms with van der Waals surface area (Å²) in [4.78, 5) is 33.3. The predicted molar refractivity (Wildman–Crippen MR) is 90.7 cm³/mol. The first-order chi connectivity index (χ1) is 11.6. The summed E-state index contributed by atoms with van der Waals surface area (Å²) in [5, 5.41) is 4.08. The predicted octanol–water partition coefficient (Wildman–Crippen LogP) is 1.57. The molecule has 24 heavy (non-hydrogen) atoms. The molecule has 0 unspecified atom stereocenters. The summed E-state index contributed by atoms with van der Waals surface area (Å²) in [6.07, 6.45) is 1.88. The minimum absolute atomic E-state index is 0.00129. The van der Waals surface area contributed by atoms with E-state index in [1.807, 2.05) is 36.1 Å². The van der Waals surface area contributed by atoms with E-state index in [1.165, 1.54) is 4.90 Å². The number of aryl methyl sites for hydroxylation is 1. The maximum absolute atomic E-state index is 12.5. The average Bonchev–Trinajstić information content (AvgIpc) is 3.26. The van der Waals surface area contributed by atoms with Gasteiger partial charge in [-0.3, -0.25) is 9.59 Å². The maximum atomic E-state index is 12.5. The molecule has 128 valence electrons. The molecule has 0 radical (unpaired) electrons. The highest BCUT2D eigenvalue weighted by molar-refractivity contribution is 6.05. The van der Waals surface area contributed by atoms with Gasteiger partial charge in [-0.1, -0.05) is 29.4 Å². The van der Waals surface area contributed by atoms with E-state index in [4.69, 9.17) is 4.84 Å². The Morgan fingerprint density at radius 3 is 2.71 bits per heavy atom. The van der Waals surface area contributed by atoms with Crippen molar-refractivity contribution in [3.8, 4) is 0 Å². The molecule has 0 aliphatic carbocycles. The Bertz CT molecular complexity index is 665. The fourth-order valence-electron chi connectivity index (χ4n) is 3.16. The second kappa shape index (κ2) is 7.03. The molecule has 2 aliphatic heterocycles. The van der Waals surface area contributed by atoms with Crippen molar-refractivity contribution < 1.29 is 14.4 Å². The number of amides is 2. The van der Waals surface area contributed by atoms with E-state index in [0.29, 0.717) is 6.42 Å². The zero-order chi connectivity index (χ0) is 17.1. The lowest BCUT2D eigenvalue weighted by Gasteiger charge is -2.22. The first kappa shape index (κ1) is 16.5. The van der Waals surface area contributed by atoms with E-state index in [0.717, 1.165) is 42.8 Å². The number of rotatable bonds is 4. The van der Waals surface area contributed by atoms with Crippen LogP contribution in [0.2, 0.25) is 0 Å². The lowest BCUT2D eigenvalue weighted by molar-refractivity contribution is -0.145. The Kier molecular flexibility index (Phi) is 4.83. The van der Waals surface area contributed by atoms with Crippen molar-refractivity contribution >= 4 is 17.5 Å². The Hall–Kier alpha value is -2.37. The average molecular weight is 329 g/mol. The molecule has 1 saturated heterocycles. The summed E-state index contributed by atoms with van der Waals surface area (Å²) in [6, 6.07) is 7.90. The van der Waals surface area contributed by atoms with Crippen LogP contribution in [0.5, 0.6) is 0 Å². The number of oxime groups is 1. The van der Waals surface area contributed by atoms with Gasteiger partial charge in [0.15, 0.2) is 0 Å². The minimum atomic E-state index is -0.643. The lowest BCUT2D eigenvalue weighted by Crippen LogP contribution is -2.43. The molecule has 1 aromatic rings. The Morgan fingerprint density at radius 2 is 2.00 bits per heavy atom. The first-order valence-electron chi connectivity index (χ1n) is 8.37. The Balaban J connectivity index is 1.57. The van der Waals surface area contributed by atoms with Crippen molar-refractivity contribution in [2.24, 2.45) is 5.16 Å². The summed E-state index contributed by atoms with van der Waals surface area (Å²) in [5.74, 6) is -0.198. The first-order valence-corrected chi connectivity index (χ1v) is 8.37. The molecule has 0 bridgehead atoms. The van der Waals surface area contributed by atoms with Crippen LogP contribution in [0.3, 0.4) is 0 Å². The van der Waals surface area contributed by atoms with Gasteiger partial charge in [-0.15, -0.1) is 0 Å².